The minimum absolute atomic E-state index is 0.128. The lowest BCUT2D eigenvalue weighted by molar-refractivity contribution is -0.138. The van der Waals surface area contributed by atoms with Crippen molar-refractivity contribution in [1.29, 1.82) is 0 Å². The van der Waals surface area contributed by atoms with Gasteiger partial charge in [-0.25, -0.2) is 0 Å². The fraction of sp³-hybridized carbons (Fsp3) is 0.308. The Hall–Kier alpha value is -1.88. The number of hydrogen-bond donors (Lipinski definition) is 1. The number of amides is 3. The third-order valence-corrected chi connectivity index (χ3v) is 3.51. The zero-order valence-electron chi connectivity index (χ0n) is 10.6. The van der Waals surface area contributed by atoms with Crippen molar-refractivity contribution in [2.24, 2.45) is 0 Å². The first-order valence-electron chi connectivity index (χ1n) is 5.81. The Morgan fingerprint density at radius 2 is 2.11 bits per heavy atom. The van der Waals surface area contributed by atoms with Crippen LogP contribution in [0.5, 0.6) is 0 Å². The third-order valence-electron chi connectivity index (χ3n) is 3.10. The van der Waals surface area contributed by atoms with Crippen molar-refractivity contribution in [2.75, 3.05) is 6.54 Å². The molecule has 1 heterocycles. The highest BCUT2D eigenvalue weighted by molar-refractivity contribution is 6.31. The molecule has 1 aliphatic rings. The van der Waals surface area contributed by atoms with E-state index in [2.05, 4.69) is 5.32 Å². The van der Waals surface area contributed by atoms with Gasteiger partial charge in [-0.2, -0.15) is 0 Å². The molecule has 1 unspecified atom stereocenters. The number of nitrogens with one attached hydrogen (secondary N) is 1. The number of benzene rings is 1. The fourth-order valence-corrected chi connectivity index (χ4v) is 2.03. The van der Waals surface area contributed by atoms with Crippen molar-refractivity contribution in [3.05, 3.63) is 34.3 Å². The van der Waals surface area contributed by atoms with E-state index in [-0.39, 0.29) is 12.5 Å². The van der Waals surface area contributed by atoms with E-state index < -0.39 is 17.9 Å². The first-order valence-corrected chi connectivity index (χ1v) is 6.18. The van der Waals surface area contributed by atoms with Crippen molar-refractivity contribution in [3.8, 4) is 0 Å². The Morgan fingerprint density at radius 1 is 1.42 bits per heavy atom. The SMILES string of the molecule is Cc1ccc(C(=O)N2CC(=O)NC(=O)C2C)cc1Cl. The van der Waals surface area contributed by atoms with Gasteiger partial charge in [0.05, 0.1) is 0 Å². The fourth-order valence-electron chi connectivity index (χ4n) is 1.85. The van der Waals surface area contributed by atoms with E-state index in [4.69, 9.17) is 11.6 Å². The second kappa shape index (κ2) is 5.01. The predicted molar refractivity (Wildman–Crippen MR) is 69.8 cm³/mol. The van der Waals surface area contributed by atoms with Crippen LogP contribution in [0.1, 0.15) is 22.8 Å². The number of aryl methyl sites for hydroxylation is 1. The van der Waals surface area contributed by atoms with Crippen molar-refractivity contribution in [2.45, 2.75) is 19.9 Å². The Bertz CT molecular complexity index is 571. The Balaban J connectivity index is 2.29. The lowest BCUT2D eigenvalue weighted by Gasteiger charge is -2.31. The van der Waals surface area contributed by atoms with Gasteiger partial charge in [-0.05, 0) is 31.5 Å². The molecule has 1 aromatic rings. The third kappa shape index (κ3) is 2.61. The summed E-state index contributed by atoms with van der Waals surface area (Å²) in [5.41, 5.74) is 1.23. The van der Waals surface area contributed by atoms with E-state index in [1.54, 1.807) is 25.1 Å². The number of carbonyl (C=O) groups excluding carboxylic acids is 3. The number of carbonyl (C=O) groups is 3. The molecule has 0 saturated carbocycles. The molecule has 3 amide bonds. The summed E-state index contributed by atoms with van der Waals surface area (Å²) in [7, 11) is 0. The van der Waals surface area contributed by atoms with Gasteiger partial charge in [0.2, 0.25) is 11.8 Å². The first-order chi connectivity index (χ1) is 8.90. The number of piperazine rings is 1. The number of nitrogens with zero attached hydrogens (tertiary/aromatic N) is 1. The minimum Gasteiger partial charge on any atom is -0.318 e. The minimum atomic E-state index is -0.676. The van der Waals surface area contributed by atoms with Gasteiger partial charge in [-0.15, -0.1) is 0 Å². The summed E-state index contributed by atoms with van der Waals surface area (Å²) in [6, 6.07) is 4.23. The van der Waals surface area contributed by atoms with E-state index in [0.29, 0.717) is 10.6 Å². The highest BCUT2D eigenvalue weighted by atomic mass is 35.5. The molecule has 0 aromatic heterocycles. The highest BCUT2D eigenvalue weighted by Crippen LogP contribution is 2.19. The molecule has 1 aliphatic heterocycles. The Labute approximate surface area is 115 Å². The maximum Gasteiger partial charge on any atom is 0.255 e. The van der Waals surface area contributed by atoms with Crippen LogP contribution in [0.25, 0.3) is 0 Å². The molecule has 1 aromatic carbocycles. The highest BCUT2D eigenvalue weighted by Gasteiger charge is 2.33. The summed E-state index contributed by atoms with van der Waals surface area (Å²) in [6.07, 6.45) is 0. The summed E-state index contributed by atoms with van der Waals surface area (Å²) in [6.45, 7) is 3.28. The van der Waals surface area contributed by atoms with Gasteiger partial charge in [0.15, 0.2) is 0 Å². The van der Waals surface area contributed by atoms with Crippen molar-refractivity contribution in [1.82, 2.24) is 10.2 Å². The van der Waals surface area contributed by atoms with Crippen LogP contribution in [0.15, 0.2) is 18.2 Å². The zero-order chi connectivity index (χ0) is 14.2. The maximum atomic E-state index is 12.3. The van der Waals surface area contributed by atoms with Crippen molar-refractivity contribution in [3.63, 3.8) is 0 Å². The molecule has 1 saturated heterocycles. The van der Waals surface area contributed by atoms with Gasteiger partial charge in [-0.3, -0.25) is 19.7 Å². The Morgan fingerprint density at radius 3 is 2.74 bits per heavy atom. The summed E-state index contributed by atoms with van der Waals surface area (Å²) in [5.74, 6) is -1.32. The number of imide groups is 1. The maximum absolute atomic E-state index is 12.3. The van der Waals surface area contributed by atoms with Crippen LogP contribution in [0.2, 0.25) is 5.02 Å². The molecule has 1 atom stereocenters. The summed E-state index contributed by atoms with van der Waals surface area (Å²) >= 11 is 5.97. The van der Waals surface area contributed by atoms with Gasteiger partial charge in [0.25, 0.3) is 5.91 Å². The second-order valence-corrected chi connectivity index (χ2v) is 4.89. The van der Waals surface area contributed by atoms with Crippen molar-refractivity contribution >= 4 is 29.3 Å². The zero-order valence-corrected chi connectivity index (χ0v) is 11.3. The largest absolute Gasteiger partial charge is 0.318 e. The van der Waals surface area contributed by atoms with E-state index in [9.17, 15) is 14.4 Å². The van der Waals surface area contributed by atoms with Crippen LogP contribution in [-0.4, -0.2) is 35.2 Å². The lowest BCUT2D eigenvalue weighted by atomic mass is 10.1. The topological polar surface area (TPSA) is 66.5 Å². The van der Waals surface area contributed by atoms with Gasteiger partial charge >= 0.3 is 0 Å². The van der Waals surface area contributed by atoms with E-state index in [0.717, 1.165) is 5.56 Å². The van der Waals surface area contributed by atoms with Gasteiger partial charge in [0.1, 0.15) is 12.6 Å². The summed E-state index contributed by atoms with van der Waals surface area (Å²) in [5, 5.41) is 2.67. The molecule has 6 heteroatoms. The quantitative estimate of drug-likeness (QED) is 0.785. The monoisotopic (exact) mass is 280 g/mol. The normalized spacial score (nSPS) is 19.3. The molecule has 19 heavy (non-hydrogen) atoms. The molecular weight excluding hydrogens is 268 g/mol. The van der Waals surface area contributed by atoms with Gasteiger partial charge < -0.3 is 4.90 Å². The average molecular weight is 281 g/mol. The molecule has 5 nitrogen and oxygen atoms in total. The molecule has 0 aliphatic carbocycles. The molecular formula is C13H13ClN2O3. The van der Waals surface area contributed by atoms with Crippen molar-refractivity contribution < 1.29 is 14.4 Å². The van der Waals surface area contributed by atoms with Crippen LogP contribution >= 0.6 is 11.6 Å². The summed E-state index contributed by atoms with van der Waals surface area (Å²) in [4.78, 5) is 36.4. The second-order valence-electron chi connectivity index (χ2n) is 4.49. The van der Waals surface area contributed by atoms with Crippen LogP contribution in [0.4, 0.5) is 0 Å². The predicted octanol–water partition coefficient (Wildman–Crippen LogP) is 1.14. The average Bonchev–Trinajstić information content (AvgIpc) is 2.36. The lowest BCUT2D eigenvalue weighted by Crippen LogP contribution is -2.58. The number of halogens is 1. The number of rotatable bonds is 1. The standard InChI is InChI=1S/C13H13ClN2O3/c1-7-3-4-9(5-10(7)14)13(19)16-6-11(17)15-12(18)8(16)2/h3-5,8H,6H2,1-2H3,(H,15,17,18). The molecule has 1 fully saturated rings. The molecule has 1 N–H and O–H groups in total. The molecule has 0 spiro atoms. The van der Waals surface area contributed by atoms with Gasteiger partial charge in [0, 0.05) is 10.6 Å². The molecule has 0 bridgehead atoms. The van der Waals surface area contributed by atoms with Crippen LogP contribution in [0, 0.1) is 6.92 Å². The van der Waals surface area contributed by atoms with Gasteiger partial charge in [-0.1, -0.05) is 17.7 Å². The molecule has 2 rings (SSSR count). The molecule has 100 valence electrons. The smallest absolute Gasteiger partial charge is 0.255 e. The van der Waals surface area contributed by atoms with Crippen LogP contribution in [-0.2, 0) is 9.59 Å². The van der Waals surface area contributed by atoms with Crippen LogP contribution in [0.3, 0.4) is 0 Å². The molecule has 0 radical (unpaired) electrons. The van der Waals surface area contributed by atoms with E-state index >= 15 is 0 Å². The van der Waals surface area contributed by atoms with E-state index in [1.165, 1.54) is 4.90 Å². The Kier molecular flexibility index (Phi) is 3.57. The van der Waals surface area contributed by atoms with E-state index in [1.807, 2.05) is 6.92 Å². The van der Waals surface area contributed by atoms with Crippen LogP contribution < -0.4 is 5.32 Å². The first kappa shape index (κ1) is 13.5. The number of hydrogen-bond acceptors (Lipinski definition) is 3. The summed E-state index contributed by atoms with van der Waals surface area (Å²) < 4.78 is 0.